The minimum absolute atomic E-state index is 0.230. The first-order valence-electron chi connectivity index (χ1n) is 6.31. The first kappa shape index (κ1) is 14.9. The second-order valence-electron chi connectivity index (χ2n) is 5.08. The lowest BCUT2D eigenvalue weighted by Crippen LogP contribution is -2.48. The molecule has 0 bridgehead atoms. The lowest BCUT2D eigenvalue weighted by molar-refractivity contribution is -0.141. The number of hydrogen-bond donors (Lipinski definition) is 2. The van der Waals surface area contributed by atoms with E-state index in [0.717, 1.165) is 25.9 Å². The van der Waals surface area contributed by atoms with Crippen LogP contribution in [0.15, 0.2) is 0 Å². The zero-order valence-electron chi connectivity index (χ0n) is 11.3. The SMILES string of the molecule is CC(NC(=O)CN(C)C1CCN(C)CC1)C(=O)O. The van der Waals surface area contributed by atoms with Crippen LogP contribution < -0.4 is 5.32 Å². The van der Waals surface area contributed by atoms with Gasteiger partial charge in [0.05, 0.1) is 6.54 Å². The second kappa shape index (κ2) is 6.70. The molecule has 104 valence electrons. The Morgan fingerprint density at radius 3 is 2.50 bits per heavy atom. The molecule has 0 saturated carbocycles. The Bertz CT molecular complexity index is 301. The Morgan fingerprint density at radius 2 is 2.00 bits per heavy atom. The van der Waals surface area contributed by atoms with Crippen LogP contribution in [0, 0.1) is 0 Å². The summed E-state index contributed by atoms with van der Waals surface area (Å²) in [6.45, 7) is 3.81. The summed E-state index contributed by atoms with van der Waals surface area (Å²) in [4.78, 5) is 26.6. The molecule has 1 aliphatic heterocycles. The highest BCUT2D eigenvalue weighted by molar-refractivity contribution is 5.84. The molecule has 1 rings (SSSR count). The van der Waals surface area contributed by atoms with Crippen LogP contribution in [0.1, 0.15) is 19.8 Å². The van der Waals surface area contributed by atoms with Crippen molar-refractivity contribution in [2.45, 2.75) is 31.8 Å². The summed E-state index contributed by atoms with van der Waals surface area (Å²) < 4.78 is 0. The van der Waals surface area contributed by atoms with Crippen molar-refractivity contribution in [2.24, 2.45) is 0 Å². The van der Waals surface area contributed by atoms with Gasteiger partial charge >= 0.3 is 5.97 Å². The van der Waals surface area contributed by atoms with E-state index in [-0.39, 0.29) is 12.5 Å². The van der Waals surface area contributed by atoms with E-state index < -0.39 is 12.0 Å². The summed E-state index contributed by atoms with van der Waals surface area (Å²) in [5.41, 5.74) is 0. The fraction of sp³-hybridized carbons (Fsp3) is 0.833. The molecule has 1 atom stereocenters. The van der Waals surface area contributed by atoms with E-state index in [1.54, 1.807) is 0 Å². The highest BCUT2D eigenvalue weighted by Crippen LogP contribution is 2.13. The molecular formula is C12H23N3O3. The van der Waals surface area contributed by atoms with Gasteiger partial charge in [0.15, 0.2) is 0 Å². The standard InChI is InChI=1S/C12H23N3O3/c1-9(12(17)18)13-11(16)8-15(3)10-4-6-14(2)7-5-10/h9-10H,4-8H2,1-3H3,(H,13,16)(H,17,18). The summed E-state index contributed by atoms with van der Waals surface area (Å²) >= 11 is 0. The van der Waals surface area contributed by atoms with E-state index in [1.165, 1.54) is 6.92 Å². The fourth-order valence-corrected chi connectivity index (χ4v) is 2.14. The van der Waals surface area contributed by atoms with Crippen molar-refractivity contribution in [1.82, 2.24) is 15.1 Å². The Balaban J connectivity index is 2.33. The number of likely N-dealkylation sites (tertiary alicyclic amines) is 1. The van der Waals surface area contributed by atoms with Gasteiger partial charge in [-0.3, -0.25) is 14.5 Å². The van der Waals surface area contributed by atoms with Crippen molar-refractivity contribution >= 4 is 11.9 Å². The van der Waals surface area contributed by atoms with Crippen molar-refractivity contribution in [1.29, 1.82) is 0 Å². The van der Waals surface area contributed by atoms with E-state index in [9.17, 15) is 9.59 Å². The number of aliphatic carboxylic acids is 1. The maximum absolute atomic E-state index is 11.6. The predicted octanol–water partition coefficient (Wildman–Crippen LogP) is -0.398. The van der Waals surface area contributed by atoms with E-state index in [0.29, 0.717) is 6.04 Å². The molecule has 0 spiro atoms. The third kappa shape index (κ3) is 4.62. The third-order valence-electron chi connectivity index (χ3n) is 3.45. The number of likely N-dealkylation sites (N-methyl/N-ethyl adjacent to an activating group) is 1. The van der Waals surface area contributed by atoms with Gasteiger partial charge in [0.1, 0.15) is 6.04 Å². The zero-order chi connectivity index (χ0) is 13.7. The lowest BCUT2D eigenvalue weighted by atomic mass is 10.0. The van der Waals surface area contributed by atoms with Crippen LogP contribution in [0.2, 0.25) is 0 Å². The molecule has 0 aromatic carbocycles. The molecule has 2 N–H and O–H groups in total. The Hall–Kier alpha value is -1.14. The summed E-state index contributed by atoms with van der Waals surface area (Å²) in [6, 6.07) is -0.421. The highest BCUT2D eigenvalue weighted by Gasteiger charge is 2.23. The Kier molecular flexibility index (Phi) is 5.55. The van der Waals surface area contributed by atoms with Crippen molar-refractivity contribution in [3.8, 4) is 0 Å². The molecule has 0 aromatic heterocycles. The van der Waals surface area contributed by atoms with E-state index >= 15 is 0 Å². The molecule has 0 aromatic rings. The molecule has 1 amide bonds. The van der Waals surface area contributed by atoms with Gasteiger partial charge in [-0.1, -0.05) is 0 Å². The summed E-state index contributed by atoms with van der Waals surface area (Å²) in [7, 11) is 4.01. The number of nitrogens with one attached hydrogen (secondary N) is 1. The molecule has 1 saturated heterocycles. The van der Waals surface area contributed by atoms with Gasteiger partial charge in [0.25, 0.3) is 0 Å². The van der Waals surface area contributed by atoms with Gasteiger partial charge in [-0.2, -0.15) is 0 Å². The van der Waals surface area contributed by atoms with Crippen LogP contribution in [0.3, 0.4) is 0 Å². The number of carbonyl (C=O) groups excluding carboxylic acids is 1. The number of carboxylic acids is 1. The van der Waals surface area contributed by atoms with Gasteiger partial charge < -0.3 is 15.3 Å². The summed E-state index contributed by atoms with van der Waals surface area (Å²) in [5.74, 6) is -1.24. The number of rotatable bonds is 5. The number of carboxylic acid groups (broad SMARTS) is 1. The van der Waals surface area contributed by atoms with Crippen LogP contribution in [0.25, 0.3) is 0 Å². The maximum Gasteiger partial charge on any atom is 0.325 e. The molecule has 6 heteroatoms. The topological polar surface area (TPSA) is 72.9 Å². The first-order chi connectivity index (χ1) is 8.40. The van der Waals surface area contributed by atoms with Crippen LogP contribution in [0.5, 0.6) is 0 Å². The largest absolute Gasteiger partial charge is 0.480 e. The number of carbonyl (C=O) groups is 2. The van der Waals surface area contributed by atoms with Gasteiger partial charge in [0.2, 0.25) is 5.91 Å². The van der Waals surface area contributed by atoms with Crippen molar-refractivity contribution < 1.29 is 14.7 Å². The fourth-order valence-electron chi connectivity index (χ4n) is 2.14. The van der Waals surface area contributed by atoms with Crippen molar-refractivity contribution in [2.75, 3.05) is 33.7 Å². The lowest BCUT2D eigenvalue weighted by Gasteiger charge is -2.34. The van der Waals surface area contributed by atoms with Crippen molar-refractivity contribution in [3.63, 3.8) is 0 Å². The molecule has 1 aliphatic rings. The molecule has 1 fully saturated rings. The minimum Gasteiger partial charge on any atom is -0.480 e. The molecule has 0 aliphatic carbocycles. The van der Waals surface area contributed by atoms with Crippen LogP contribution in [0.4, 0.5) is 0 Å². The average Bonchev–Trinajstić information content (AvgIpc) is 2.29. The number of hydrogen-bond acceptors (Lipinski definition) is 4. The first-order valence-corrected chi connectivity index (χ1v) is 6.31. The summed E-state index contributed by atoms with van der Waals surface area (Å²) in [5, 5.41) is 11.2. The molecule has 18 heavy (non-hydrogen) atoms. The second-order valence-corrected chi connectivity index (χ2v) is 5.08. The molecular weight excluding hydrogens is 234 g/mol. The average molecular weight is 257 g/mol. The van der Waals surface area contributed by atoms with Crippen molar-refractivity contribution in [3.05, 3.63) is 0 Å². The van der Waals surface area contributed by atoms with Gasteiger partial charge in [-0.25, -0.2) is 0 Å². The quantitative estimate of drug-likeness (QED) is 0.701. The van der Waals surface area contributed by atoms with Crippen LogP contribution in [-0.4, -0.2) is 72.6 Å². The zero-order valence-corrected chi connectivity index (χ0v) is 11.3. The molecule has 1 heterocycles. The maximum atomic E-state index is 11.6. The number of amides is 1. The van der Waals surface area contributed by atoms with Gasteiger partial charge in [0, 0.05) is 6.04 Å². The molecule has 6 nitrogen and oxygen atoms in total. The highest BCUT2D eigenvalue weighted by atomic mass is 16.4. The number of piperidine rings is 1. The Morgan fingerprint density at radius 1 is 1.44 bits per heavy atom. The van der Waals surface area contributed by atoms with Crippen LogP contribution in [-0.2, 0) is 9.59 Å². The van der Waals surface area contributed by atoms with Crippen LogP contribution >= 0.6 is 0 Å². The van der Waals surface area contributed by atoms with E-state index in [4.69, 9.17) is 5.11 Å². The molecule has 0 radical (unpaired) electrons. The Labute approximate surface area is 108 Å². The normalized spacial score (nSPS) is 19.8. The predicted molar refractivity (Wildman–Crippen MR) is 68.4 cm³/mol. The third-order valence-corrected chi connectivity index (χ3v) is 3.45. The smallest absolute Gasteiger partial charge is 0.325 e. The van der Waals surface area contributed by atoms with Gasteiger partial charge in [-0.15, -0.1) is 0 Å². The van der Waals surface area contributed by atoms with Gasteiger partial charge in [-0.05, 0) is 47.0 Å². The minimum atomic E-state index is -1.01. The summed E-state index contributed by atoms with van der Waals surface area (Å²) in [6.07, 6.45) is 2.10. The van der Waals surface area contributed by atoms with E-state index in [1.807, 2.05) is 11.9 Å². The number of nitrogens with zero attached hydrogens (tertiary/aromatic N) is 2. The monoisotopic (exact) mass is 257 g/mol. The van der Waals surface area contributed by atoms with E-state index in [2.05, 4.69) is 17.3 Å². The molecule has 1 unspecified atom stereocenters.